The molecule has 0 aliphatic heterocycles. The van der Waals surface area contributed by atoms with Crippen LogP contribution in [0.5, 0.6) is 0 Å². The monoisotopic (exact) mass is 439 g/mol. The third kappa shape index (κ3) is 3.61. The summed E-state index contributed by atoms with van der Waals surface area (Å²) in [5, 5.41) is 11.9. The van der Waals surface area contributed by atoms with Crippen molar-refractivity contribution in [2.24, 2.45) is 0 Å². The van der Waals surface area contributed by atoms with Gasteiger partial charge in [-0.25, -0.2) is 4.98 Å². The minimum absolute atomic E-state index is 0.0612. The Morgan fingerprint density at radius 2 is 1.97 bits per heavy atom. The number of pyridine rings is 2. The molecular formula is C25H21N5O3. The summed E-state index contributed by atoms with van der Waals surface area (Å²) in [6.07, 6.45) is 3.17. The second-order valence-corrected chi connectivity index (χ2v) is 7.93. The molecule has 0 spiro atoms. The number of amides is 1. The topological polar surface area (TPSA) is 105 Å². The lowest BCUT2D eigenvalue weighted by Crippen LogP contribution is -2.32. The average Bonchev–Trinajstić information content (AvgIpc) is 3.32. The van der Waals surface area contributed by atoms with E-state index in [2.05, 4.69) is 10.3 Å². The van der Waals surface area contributed by atoms with Gasteiger partial charge in [0.2, 0.25) is 0 Å². The van der Waals surface area contributed by atoms with E-state index in [0.717, 1.165) is 11.1 Å². The minimum Gasteiger partial charge on any atom is -0.467 e. The first-order valence-corrected chi connectivity index (χ1v) is 10.4. The highest BCUT2D eigenvalue weighted by Crippen LogP contribution is 2.18. The van der Waals surface area contributed by atoms with Crippen LogP contribution < -0.4 is 16.4 Å². The van der Waals surface area contributed by atoms with E-state index < -0.39 is 5.91 Å². The fourth-order valence-corrected chi connectivity index (χ4v) is 3.83. The maximum absolute atomic E-state index is 13.3. The quantitative estimate of drug-likeness (QED) is 0.417. The van der Waals surface area contributed by atoms with Crippen LogP contribution >= 0.6 is 0 Å². The van der Waals surface area contributed by atoms with Gasteiger partial charge in [-0.1, -0.05) is 18.2 Å². The number of furan rings is 1. The van der Waals surface area contributed by atoms with E-state index in [1.165, 1.54) is 21.3 Å². The first kappa shape index (κ1) is 20.4. The lowest BCUT2D eigenvalue weighted by atomic mass is 10.1. The number of carbonyl (C=O) groups excluding carboxylic acids is 1. The Hall–Kier alpha value is -4.46. The number of fused-ring (bicyclic) bond motifs is 2. The Labute approximate surface area is 188 Å². The molecule has 0 unspecified atom stereocenters. The smallest absolute Gasteiger partial charge is 0.267 e. The number of benzene rings is 1. The highest BCUT2D eigenvalue weighted by atomic mass is 16.3. The van der Waals surface area contributed by atoms with Crippen LogP contribution in [0.3, 0.4) is 0 Å². The Morgan fingerprint density at radius 3 is 2.76 bits per heavy atom. The molecule has 164 valence electrons. The van der Waals surface area contributed by atoms with Gasteiger partial charge in [0.25, 0.3) is 11.5 Å². The van der Waals surface area contributed by atoms with E-state index in [9.17, 15) is 9.59 Å². The van der Waals surface area contributed by atoms with Crippen molar-refractivity contribution in [1.82, 2.24) is 14.0 Å². The fourth-order valence-electron chi connectivity index (χ4n) is 3.83. The van der Waals surface area contributed by atoms with Gasteiger partial charge in [0.1, 0.15) is 22.5 Å². The molecule has 8 heteroatoms. The van der Waals surface area contributed by atoms with E-state index in [0.29, 0.717) is 22.7 Å². The zero-order chi connectivity index (χ0) is 23.1. The molecule has 0 fully saturated rings. The van der Waals surface area contributed by atoms with Gasteiger partial charge in [-0.3, -0.25) is 19.4 Å². The molecule has 1 amide bonds. The summed E-state index contributed by atoms with van der Waals surface area (Å²) in [4.78, 5) is 31.2. The van der Waals surface area contributed by atoms with Gasteiger partial charge >= 0.3 is 0 Å². The summed E-state index contributed by atoms with van der Waals surface area (Å²) >= 11 is 0. The van der Waals surface area contributed by atoms with Gasteiger partial charge < -0.3 is 14.3 Å². The maximum atomic E-state index is 13.3. The minimum atomic E-state index is -0.471. The van der Waals surface area contributed by atoms with E-state index in [1.807, 2.05) is 32.0 Å². The highest BCUT2D eigenvalue weighted by Gasteiger charge is 2.19. The normalized spacial score (nSPS) is 11.2. The molecule has 1 aromatic carbocycles. The Bertz CT molecular complexity index is 1650. The molecule has 0 saturated heterocycles. The second-order valence-electron chi connectivity index (χ2n) is 7.93. The molecule has 4 heterocycles. The van der Waals surface area contributed by atoms with Gasteiger partial charge in [0.15, 0.2) is 0 Å². The molecule has 5 rings (SSSR count). The van der Waals surface area contributed by atoms with Crippen molar-refractivity contribution in [3.05, 3.63) is 105 Å². The summed E-state index contributed by atoms with van der Waals surface area (Å²) in [6, 6.07) is 16.0. The van der Waals surface area contributed by atoms with Crippen LogP contribution in [0.15, 0.2) is 76.3 Å². The van der Waals surface area contributed by atoms with Crippen molar-refractivity contribution in [2.75, 3.05) is 5.32 Å². The Balaban J connectivity index is 1.74. The van der Waals surface area contributed by atoms with Crippen molar-refractivity contribution < 1.29 is 9.21 Å². The van der Waals surface area contributed by atoms with Gasteiger partial charge in [0, 0.05) is 11.9 Å². The molecule has 0 saturated carbocycles. The molecular weight excluding hydrogens is 418 g/mol. The van der Waals surface area contributed by atoms with Crippen molar-refractivity contribution in [3.8, 4) is 0 Å². The maximum Gasteiger partial charge on any atom is 0.267 e. The summed E-state index contributed by atoms with van der Waals surface area (Å²) in [6.45, 7) is 4.00. The number of carbonyl (C=O) groups is 1. The van der Waals surface area contributed by atoms with E-state index >= 15 is 0 Å². The molecule has 0 aliphatic rings. The number of anilines is 1. The first-order chi connectivity index (χ1) is 15.9. The second kappa shape index (κ2) is 7.90. The number of hydrogen-bond acceptors (Lipinski definition) is 5. The molecule has 2 N–H and O–H groups in total. The number of nitrogens with one attached hydrogen (secondary N) is 2. The van der Waals surface area contributed by atoms with Crippen LogP contribution in [0.1, 0.15) is 27.2 Å². The lowest BCUT2D eigenvalue weighted by Gasteiger charge is -2.15. The van der Waals surface area contributed by atoms with Gasteiger partial charge in [-0.05, 0) is 61.4 Å². The number of hydrogen-bond donors (Lipinski definition) is 2. The van der Waals surface area contributed by atoms with Crippen LogP contribution in [0.4, 0.5) is 5.69 Å². The van der Waals surface area contributed by atoms with Crippen LogP contribution in [0.25, 0.3) is 16.7 Å². The van der Waals surface area contributed by atoms with Crippen LogP contribution in [0, 0.1) is 19.3 Å². The van der Waals surface area contributed by atoms with Gasteiger partial charge in [-0.15, -0.1) is 0 Å². The molecule has 4 aromatic heterocycles. The molecule has 33 heavy (non-hydrogen) atoms. The molecule has 0 bridgehead atoms. The standard InChI is InChI=1S/C25H21N5O3/c1-15-8-9-16(2)20(12-15)27-24(31)18-13-19-23(28-21-7-3-4-10-29(21)25(19)32)30(22(18)26)14-17-6-5-11-33-17/h3-13,26H,14H2,1-2H3,(H,27,31). The van der Waals surface area contributed by atoms with Crippen LogP contribution in [-0.4, -0.2) is 19.9 Å². The molecule has 8 nitrogen and oxygen atoms in total. The van der Waals surface area contributed by atoms with Crippen molar-refractivity contribution in [2.45, 2.75) is 20.4 Å². The third-order valence-electron chi connectivity index (χ3n) is 5.60. The van der Waals surface area contributed by atoms with Gasteiger partial charge in [-0.2, -0.15) is 0 Å². The number of nitrogens with zero attached hydrogens (tertiary/aromatic N) is 3. The zero-order valence-electron chi connectivity index (χ0n) is 18.1. The predicted molar refractivity (Wildman–Crippen MR) is 124 cm³/mol. The van der Waals surface area contributed by atoms with Crippen molar-refractivity contribution >= 4 is 28.3 Å². The lowest BCUT2D eigenvalue weighted by molar-refractivity contribution is 0.102. The Kier molecular flexibility index (Phi) is 4.90. The first-order valence-electron chi connectivity index (χ1n) is 10.4. The predicted octanol–water partition coefficient (Wildman–Crippen LogP) is 3.64. The fraction of sp³-hybridized carbons (Fsp3) is 0.120. The SMILES string of the molecule is Cc1ccc(C)c(NC(=O)c2cc3c(=O)n4ccccc4nc3n(Cc3ccco3)c2=N)c1. The summed E-state index contributed by atoms with van der Waals surface area (Å²) < 4.78 is 8.42. The highest BCUT2D eigenvalue weighted by molar-refractivity contribution is 6.05. The Morgan fingerprint density at radius 1 is 1.12 bits per heavy atom. The van der Waals surface area contributed by atoms with E-state index in [1.54, 1.807) is 36.5 Å². The van der Waals surface area contributed by atoms with Gasteiger partial charge in [0.05, 0.1) is 23.8 Å². The molecule has 0 aliphatic carbocycles. The van der Waals surface area contributed by atoms with E-state index in [4.69, 9.17) is 9.83 Å². The summed E-state index contributed by atoms with van der Waals surface area (Å²) in [5.74, 6) is 0.110. The molecule has 0 atom stereocenters. The van der Waals surface area contributed by atoms with Crippen LogP contribution in [-0.2, 0) is 6.54 Å². The zero-order valence-corrected chi connectivity index (χ0v) is 18.1. The van der Waals surface area contributed by atoms with Crippen molar-refractivity contribution in [3.63, 3.8) is 0 Å². The number of rotatable bonds is 4. The summed E-state index contributed by atoms with van der Waals surface area (Å²) in [7, 11) is 0. The van der Waals surface area contributed by atoms with Crippen LogP contribution in [0.2, 0.25) is 0 Å². The number of aromatic nitrogens is 3. The summed E-state index contributed by atoms with van der Waals surface area (Å²) in [5.41, 5.74) is 3.03. The average molecular weight is 439 g/mol. The van der Waals surface area contributed by atoms with Crippen molar-refractivity contribution in [1.29, 1.82) is 5.41 Å². The van der Waals surface area contributed by atoms with E-state index in [-0.39, 0.29) is 28.5 Å². The largest absolute Gasteiger partial charge is 0.467 e. The third-order valence-corrected chi connectivity index (χ3v) is 5.60. The molecule has 0 radical (unpaired) electrons. The number of aryl methyl sites for hydroxylation is 2. The molecule has 5 aromatic rings.